The third-order valence-corrected chi connectivity index (χ3v) is 7.06. The molecule has 1 aliphatic rings. The summed E-state index contributed by atoms with van der Waals surface area (Å²) in [5, 5.41) is 1.98. The van der Waals surface area contributed by atoms with Gasteiger partial charge in [0.2, 0.25) is 0 Å². The third-order valence-electron chi connectivity index (χ3n) is 5.12. The van der Waals surface area contributed by atoms with E-state index in [0.717, 1.165) is 22.2 Å². The van der Waals surface area contributed by atoms with Crippen LogP contribution in [0.4, 0.5) is 0 Å². The molecule has 0 aliphatic carbocycles. The van der Waals surface area contributed by atoms with Crippen LogP contribution in [0, 0.1) is 0 Å². The van der Waals surface area contributed by atoms with Gasteiger partial charge < -0.3 is 14.2 Å². The van der Waals surface area contributed by atoms with E-state index in [4.69, 9.17) is 14.2 Å². The van der Waals surface area contributed by atoms with E-state index < -0.39 is 28.6 Å². The van der Waals surface area contributed by atoms with Gasteiger partial charge in [-0.15, -0.1) is 0 Å². The lowest BCUT2D eigenvalue weighted by Gasteiger charge is -2.31. The number of carbonyl (C=O) groups is 2. The number of sulfonamides is 1. The van der Waals surface area contributed by atoms with Gasteiger partial charge in [-0.1, -0.05) is 42.5 Å². The number of carbonyl (C=O) groups excluding carboxylic acids is 2. The predicted octanol–water partition coefficient (Wildman–Crippen LogP) is 3.33. The maximum absolute atomic E-state index is 13.0. The molecular weight excluding hydrogens is 446 g/mol. The van der Waals surface area contributed by atoms with E-state index in [-0.39, 0.29) is 28.5 Å². The summed E-state index contributed by atoms with van der Waals surface area (Å²) >= 11 is 0. The van der Waals surface area contributed by atoms with Crippen LogP contribution >= 0.6 is 0 Å². The van der Waals surface area contributed by atoms with Crippen molar-refractivity contribution in [3.8, 4) is 5.75 Å². The van der Waals surface area contributed by atoms with Crippen molar-refractivity contribution in [2.24, 2.45) is 0 Å². The largest absolute Gasteiger partial charge is 0.482 e. The summed E-state index contributed by atoms with van der Waals surface area (Å²) in [4.78, 5) is 25.1. The highest BCUT2D eigenvalue weighted by atomic mass is 32.2. The lowest BCUT2D eigenvalue weighted by molar-refractivity contribution is -0.139. The van der Waals surface area contributed by atoms with Crippen molar-refractivity contribution < 1.29 is 32.2 Å². The van der Waals surface area contributed by atoms with E-state index in [9.17, 15) is 18.0 Å². The fourth-order valence-corrected chi connectivity index (χ4v) is 5.29. The molecule has 0 N–H and O–H groups in total. The van der Waals surface area contributed by atoms with Crippen molar-refractivity contribution in [1.82, 2.24) is 4.31 Å². The number of esters is 2. The van der Waals surface area contributed by atoms with Gasteiger partial charge in [0.25, 0.3) is 10.0 Å². The number of likely N-dealkylation sites (N-methyl/N-ethyl adjacent to an activating group) is 1. The molecule has 170 valence electrons. The Morgan fingerprint density at radius 3 is 2.36 bits per heavy atom. The first-order chi connectivity index (χ1) is 15.9. The molecule has 0 radical (unpaired) electrons. The van der Waals surface area contributed by atoms with Gasteiger partial charge in [0.15, 0.2) is 18.1 Å². The molecule has 33 heavy (non-hydrogen) atoms. The van der Waals surface area contributed by atoms with Crippen molar-refractivity contribution in [1.29, 1.82) is 0 Å². The van der Waals surface area contributed by atoms with Gasteiger partial charge in [0, 0.05) is 12.1 Å². The van der Waals surface area contributed by atoms with Crippen LogP contribution in [0.2, 0.25) is 0 Å². The van der Waals surface area contributed by atoms with Gasteiger partial charge in [0.05, 0.1) is 12.0 Å². The zero-order chi connectivity index (χ0) is 23.6. The average Bonchev–Trinajstić information content (AvgIpc) is 2.83. The van der Waals surface area contributed by atoms with Gasteiger partial charge in [-0.2, -0.15) is 0 Å². The highest BCUT2D eigenvalue weighted by molar-refractivity contribution is 7.89. The Kier molecular flexibility index (Phi) is 6.06. The van der Waals surface area contributed by atoms with E-state index in [2.05, 4.69) is 0 Å². The van der Waals surface area contributed by atoms with E-state index >= 15 is 0 Å². The lowest BCUT2D eigenvalue weighted by atomic mass is 10.1. The molecule has 9 heteroatoms. The number of nitrogens with zero attached hydrogens (tertiary/aromatic N) is 1. The van der Waals surface area contributed by atoms with Crippen LogP contribution in [0.3, 0.4) is 0 Å². The number of rotatable bonds is 6. The first-order valence-electron chi connectivity index (χ1n) is 10.1. The Bertz CT molecular complexity index is 1380. The highest BCUT2D eigenvalue weighted by Gasteiger charge is 2.41. The Morgan fingerprint density at radius 2 is 1.64 bits per heavy atom. The molecule has 3 aromatic carbocycles. The number of methoxy groups -OCH3 is 1. The number of hydrogen-bond acceptors (Lipinski definition) is 7. The van der Waals surface area contributed by atoms with Crippen molar-refractivity contribution >= 4 is 38.5 Å². The molecule has 3 aromatic rings. The van der Waals surface area contributed by atoms with Gasteiger partial charge in [0.1, 0.15) is 5.75 Å². The number of hydrogen-bond donors (Lipinski definition) is 0. The van der Waals surface area contributed by atoms with Gasteiger partial charge in [-0.25, -0.2) is 18.0 Å². The monoisotopic (exact) mass is 467 g/mol. The molecule has 8 nitrogen and oxygen atoms in total. The first-order valence-corrected chi connectivity index (χ1v) is 11.6. The summed E-state index contributed by atoms with van der Waals surface area (Å²) in [5.41, 5.74) is -0.264. The molecule has 1 heterocycles. The molecular formula is C24H21NO7S. The molecule has 0 unspecified atom stereocenters. The topological polar surface area (TPSA) is 99.2 Å². The molecule has 0 spiro atoms. The fraction of sp³-hybridized carbons (Fsp3) is 0.167. The number of ether oxygens (including phenoxy) is 3. The van der Waals surface area contributed by atoms with Crippen molar-refractivity contribution in [2.45, 2.75) is 11.8 Å². The summed E-state index contributed by atoms with van der Waals surface area (Å²) < 4.78 is 42.8. The van der Waals surface area contributed by atoms with Crippen LogP contribution in [0.1, 0.15) is 12.5 Å². The maximum atomic E-state index is 13.0. The summed E-state index contributed by atoms with van der Waals surface area (Å²) in [5.74, 6) is -1.46. The molecule has 4 rings (SSSR count). The second-order valence-corrected chi connectivity index (χ2v) is 8.94. The molecule has 1 aliphatic heterocycles. The zero-order valence-corrected chi connectivity index (χ0v) is 18.8. The molecule has 0 fully saturated rings. The fourth-order valence-electron chi connectivity index (χ4n) is 3.62. The van der Waals surface area contributed by atoms with Crippen LogP contribution in [0.15, 0.2) is 77.3 Å². The van der Waals surface area contributed by atoms with Gasteiger partial charge in [-0.05, 0) is 42.0 Å². The van der Waals surface area contributed by atoms with E-state index in [0.29, 0.717) is 5.75 Å². The Hall–Kier alpha value is -3.85. The minimum Gasteiger partial charge on any atom is -0.482 e. The molecule has 0 atom stereocenters. The van der Waals surface area contributed by atoms with Gasteiger partial charge >= 0.3 is 11.9 Å². The molecule has 0 bridgehead atoms. The van der Waals surface area contributed by atoms with Crippen LogP contribution < -0.4 is 4.74 Å². The average molecular weight is 467 g/mol. The first kappa shape index (κ1) is 22.3. The van der Waals surface area contributed by atoms with E-state index in [1.807, 2.05) is 30.3 Å². The predicted molar refractivity (Wildman–Crippen MR) is 120 cm³/mol. The molecule has 0 amide bonds. The Balaban J connectivity index is 1.65. The van der Waals surface area contributed by atoms with Gasteiger partial charge in [-0.3, -0.25) is 4.31 Å². The van der Waals surface area contributed by atoms with Crippen molar-refractivity contribution in [3.05, 3.63) is 78.0 Å². The molecule has 0 saturated heterocycles. The standard InChI is InChI=1S/C24H21NO7S/c1-3-25-22(24(27)30-2)23(19-10-6-7-11-20(19)33(25,28)29)32-21(26)15-31-18-13-12-16-8-4-5-9-17(16)14-18/h4-14H,3,15H2,1-2H3. The number of fused-ring (bicyclic) bond motifs is 2. The second kappa shape index (κ2) is 8.95. The van der Waals surface area contributed by atoms with Crippen molar-refractivity contribution in [3.63, 3.8) is 0 Å². The smallest absolute Gasteiger partial charge is 0.359 e. The third kappa shape index (κ3) is 4.14. The van der Waals surface area contributed by atoms with Crippen LogP contribution in [-0.2, 0) is 29.1 Å². The number of benzene rings is 3. The van der Waals surface area contributed by atoms with Crippen molar-refractivity contribution in [2.75, 3.05) is 20.3 Å². The van der Waals surface area contributed by atoms with E-state index in [1.165, 1.54) is 12.1 Å². The lowest BCUT2D eigenvalue weighted by Crippen LogP contribution is -2.39. The van der Waals surface area contributed by atoms with Crippen LogP contribution in [-0.4, -0.2) is 44.9 Å². The quantitative estimate of drug-likeness (QED) is 0.513. The molecule has 0 aromatic heterocycles. The Labute approximate surface area is 191 Å². The second-order valence-electron chi connectivity index (χ2n) is 7.11. The molecule has 0 saturated carbocycles. The zero-order valence-electron chi connectivity index (χ0n) is 18.0. The maximum Gasteiger partial charge on any atom is 0.359 e. The van der Waals surface area contributed by atoms with Crippen LogP contribution in [0.5, 0.6) is 5.75 Å². The summed E-state index contributed by atoms with van der Waals surface area (Å²) in [6.45, 7) is 1.06. The summed E-state index contributed by atoms with van der Waals surface area (Å²) in [6, 6.07) is 19.1. The normalized spacial score (nSPS) is 14.5. The highest BCUT2D eigenvalue weighted by Crippen LogP contribution is 2.37. The SMILES string of the molecule is CCN1C(C(=O)OC)=C(OC(=O)COc2ccc3ccccc3c2)c2ccccc2S1(=O)=O. The minimum absolute atomic E-state index is 0.0598. The van der Waals surface area contributed by atoms with E-state index in [1.54, 1.807) is 31.2 Å². The minimum atomic E-state index is -4.03. The van der Waals surface area contributed by atoms with Crippen LogP contribution in [0.25, 0.3) is 16.5 Å². The summed E-state index contributed by atoms with van der Waals surface area (Å²) in [6.07, 6.45) is 0. The summed E-state index contributed by atoms with van der Waals surface area (Å²) in [7, 11) is -2.91. The Morgan fingerprint density at radius 1 is 0.939 bits per heavy atom.